The van der Waals surface area contributed by atoms with Gasteiger partial charge in [0, 0.05) is 18.1 Å². The van der Waals surface area contributed by atoms with E-state index in [1.165, 1.54) is 23.1 Å². The maximum atomic E-state index is 12.7. The Labute approximate surface area is 170 Å². The molecule has 0 saturated carbocycles. The number of amidine groups is 1. The number of thioether (sulfide) groups is 1. The number of aliphatic imine (C=N–C) groups is 1. The lowest BCUT2D eigenvalue weighted by Gasteiger charge is -2.13. The van der Waals surface area contributed by atoms with Crippen molar-refractivity contribution in [2.45, 2.75) is 26.4 Å². The highest BCUT2D eigenvalue weighted by Crippen LogP contribution is 2.34. The zero-order valence-electron chi connectivity index (χ0n) is 15.4. The highest BCUT2D eigenvalue weighted by atomic mass is 32.2. The molecule has 1 amide bonds. The van der Waals surface area contributed by atoms with Crippen LogP contribution in [0, 0.1) is 0 Å². The van der Waals surface area contributed by atoms with Crippen molar-refractivity contribution in [2.75, 3.05) is 6.54 Å². The molecule has 1 N–H and O–H groups in total. The van der Waals surface area contributed by atoms with Crippen molar-refractivity contribution < 1.29 is 19.4 Å². The van der Waals surface area contributed by atoms with Gasteiger partial charge in [-0.2, -0.15) is 4.99 Å². The quantitative estimate of drug-likeness (QED) is 0.685. The van der Waals surface area contributed by atoms with E-state index in [-0.39, 0.29) is 5.91 Å². The van der Waals surface area contributed by atoms with E-state index < -0.39 is 12.1 Å². The summed E-state index contributed by atoms with van der Waals surface area (Å²) >= 11 is 2.73. The monoisotopic (exact) mass is 417 g/mol. The van der Waals surface area contributed by atoms with Crippen LogP contribution in [0.15, 0.2) is 45.7 Å². The van der Waals surface area contributed by atoms with Gasteiger partial charge in [0.15, 0.2) is 11.3 Å². The third-order valence-corrected chi connectivity index (χ3v) is 5.59. The molecule has 0 spiro atoms. The lowest BCUT2D eigenvalue weighted by Crippen LogP contribution is -2.28. The summed E-state index contributed by atoms with van der Waals surface area (Å²) in [7, 11) is 0. The van der Waals surface area contributed by atoms with Gasteiger partial charge in [-0.05, 0) is 48.9 Å². The summed E-state index contributed by atoms with van der Waals surface area (Å²) < 4.78 is 5.46. The van der Waals surface area contributed by atoms with Crippen molar-refractivity contribution in [3.63, 3.8) is 0 Å². The predicted molar refractivity (Wildman–Crippen MR) is 111 cm³/mol. The molecule has 1 fully saturated rings. The number of carboxylic acids is 1. The van der Waals surface area contributed by atoms with Gasteiger partial charge in [0.2, 0.25) is 5.13 Å². The lowest BCUT2D eigenvalue weighted by molar-refractivity contribution is -0.145. The molecule has 1 aliphatic rings. The second kappa shape index (κ2) is 9.03. The van der Waals surface area contributed by atoms with E-state index in [9.17, 15) is 9.59 Å². The first-order valence-corrected chi connectivity index (χ1v) is 10.4. The molecule has 0 radical (unpaired) electrons. The van der Waals surface area contributed by atoms with Gasteiger partial charge in [-0.3, -0.25) is 9.69 Å². The van der Waals surface area contributed by atoms with Crippen molar-refractivity contribution >= 4 is 51.4 Å². The summed E-state index contributed by atoms with van der Waals surface area (Å²) in [4.78, 5) is 34.5. The number of carboxylic acid groups (broad SMARTS) is 1. The molecule has 1 atom stereocenters. The number of aromatic nitrogens is 1. The van der Waals surface area contributed by atoms with E-state index in [4.69, 9.17) is 9.84 Å². The van der Waals surface area contributed by atoms with Crippen molar-refractivity contribution in [1.29, 1.82) is 0 Å². The van der Waals surface area contributed by atoms with Gasteiger partial charge in [-0.25, -0.2) is 9.78 Å². The fraction of sp³-hybridized carbons (Fsp3) is 0.263. The van der Waals surface area contributed by atoms with Crippen molar-refractivity contribution in [2.24, 2.45) is 4.99 Å². The highest BCUT2D eigenvalue weighted by molar-refractivity contribution is 8.18. The molecule has 3 rings (SSSR count). The van der Waals surface area contributed by atoms with Gasteiger partial charge in [0.05, 0.1) is 4.91 Å². The minimum Gasteiger partial charge on any atom is -0.479 e. The van der Waals surface area contributed by atoms with Gasteiger partial charge < -0.3 is 9.84 Å². The van der Waals surface area contributed by atoms with Crippen LogP contribution in [0.4, 0.5) is 5.13 Å². The fourth-order valence-electron chi connectivity index (χ4n) is 2.49. The maximum absolute atomic E-state index is 12.7. The summed E-state index contributed by atoms with van der Waals surface area (Å²) in [5.74, 6) is -0.614. The zero-order chi connectivity index (χ0) is 20.1. The Morgan fingerprint density at radius 1 is 1.36 bits per heavy atom. The number of thiazole rings is 1. The second-order valence-corrected chi connectivity index (χ2v) is 7.67. The van der Waals surface area contributed by atoms with E-state index in [2.05, 4.69) is 9.98 Å². The summed E-state index contributed by atoms with van der Waals surface area (Å²) in [6.45, 7) is 4.18. The standard InChI is InChI=1S/C19H19N3O4S2/c1-3-14(17(24)25)26-13-7-5-12(6-8-13)11-15-16(23)22(4-2)19(28-15)21-18-20-9-10-27-18/h5-11,14H,3-4H2,1-2H3,(H,24,25)/b15-11+,21-19+. The molecule has 1 aromatic carbocycles. The van der Waals surface area contributed by atoms with Crippen LogP contribution in [-0.2, 0) is 9.59 Å². The zero-order valence-corrected chi connectivity index (χ0v) is 17.0. The Morgan fingerprint density at radius 3 is 2.68 bits per heavy atom. The molecular weight excluding hydrogens is 398 g/mol. The molecule has 9 heteroatoms. The van der Waals surface area contributed by atoms with Gasteiger partial charge in [-0.1, -0.05) is 19.1 Å². The van der Waals surface area contributed by atoms with Crippen LogP contribution in [0.3, 0.4) is 0 Å². The van der Waals surface area contributed by atoms with E-state index in [1.54, 1.807) is 48.4 Å². The normalized spacial score (nSPS) is 18.1. The average Bonchev–Trinajstić information content (AvgIpc) is 3.29. The molecular formula is C19H19N3O4S2. The van der Waals surface area contributed by atoms with Gasteiger partial charge >= 0.3 is 5.97 Å². The van der Waals surface area contributed by atoms with E-state index in [1.807, 2.05) is 12.3 Å². The van der Waals surface area contributed by atoms with Crippen LogP contribution in [0.2, 0.25) is 0 Å². The topological polar surface area (TPSA) is 92.1 Å². The molecule has 146 valence electrons. The molecule has 7 nitrogen and oxygen atoms in total. The van der Waals surface area contributed by atoms with Crippen molar-refractivity contribution in [1.82, 2.24) is 9.88 Å². The third-order valence-electron chi connectivity index (χ3n) is 3.92. The molecule has 28 heavy (non-hydrogen) atoms. The number of hydrogen-bond donors (Lipinski definition) is 1. The average molecular weight is 418 g/mol. The highest BCUT2D eigenvalue weighted by Gasteiger charge is 2.32. The first-order chi connectivity index (χ1) is 13.5. The fourth-order valence-corrected chi connectivity index (χ4v) is 4.10. The number of likely N-dealkylation sites (N-methyl/N-ethyl adjacent to an activating group) is 1. The Morgan fingerprint density at radius 2 is 2.11 bits per heavy atom. The van der Waals surface area contributed by atoms with E-state index >= 15 is 0 Å². The summed E-state index contributed by atoms with van der Waals surface area (Å²) in [5.41, 5.74) is 0.818. The number of carbonyl (C=O) groups is 2. The molecule has 1 aliphatic heterocycles. The summed E-state index contributed by atoms with van der Waals surface area (Å²) in [6.07, 6.45) is 2.97. The van der Waals surface area contributed by atoms with E-state index in [0.717, 1.165) is 5.56 Å². The molecule has 1 unspecified atom stereocenters. The number of ether oxygens (including phenoxy) is 1. The number of aliphatic carboxylic acids is 1. The molecule has 2 heterocycles. The van der Waals surface area contributed by atoms with Crippen LogP contribution >= 0.6 is 23.1 Å². The number of benzene rings is 1. The minimum atomic E-state index is -0.992. The van der Waals surface area contributed by atoms with Gasteiger partial charge in [0.25, 0.3) is 5.91 Å². The summed E-state index contributed by atoms with van der Waals surface area (Å²) in [5, 5.41) is 12.1. The van der Waals surface area contributed by atoms with Crippen molar-refractivity contribution in [3.8, 4) is 5.75 Å². The Kier molecular flexibility index (Phi) is 6.48. The van der Waals surface area contributed by atoms with Crippen molar-refractivity contribution in [3.05, 3.63) is 46.3 Å². The molecule has 1 saturated heterocycles. The maximum Gasteiger partial charge on any atom is 0.344 e. The SMILES string of the molecule is CCC(Oc1ccc(/C=C2/S/C(=N/c3nccs3)N(CC)C2=O)cc1)C(=O)O. The van der Waals surface area contributed by atoms with Gasteiger partial charge in [-0.15, -0.1) is 11.3 Å². The third kappa shape index (κ3) is 4.60. The first-order valence-electron chi connectivity index (χ1n) is 8.71. The van der Waals surface area contributed by atoms with Crippen LogP contribution in [0.25, 0.3) is 6.08 Å². The first kappa shape index (κ1) is 20.1. The molecule has 0 bridgehead atoms. The minimum absolute atomic E-state index is 0.0972. The number of rotatable bonds is 7. The Bertz CT molecular complexity index is 908. The van der Waals surface area contributed by atoms with Crippen LogP contribution in [-0.4, -0.2) is 44.7 Å². The molecule has 0 aliphatic carbocycles. The molecule has 2 aromatic rings. The van der Waals surface area contributed by atoms with Gasteiger partial charge in [0.1, 0.15) is 5.75 Å². The number of carbonyl (C=O) groups excluding carboxylic acids is 1. The Hall–Kier alpha value is -2.65. The van der Waals surface area contributed by atoms with Crippen LogP contribution < -0.4 is 4.74 Å². The second-order valence-electron chi connectivity index (χ2n) is 5.79. The smallest absolute Gasteiger partial charge is 0.344 e. The van der Waals surface area contributed by atoms with E-state index in [0.29, 0.717) is 33.9 Å². The Balaban J connectivity index is 1.77. The molecule has 1 aromatic heterocycles. The number of hydrogen-bond acceptors (Lipinski definition) is 7. The van der Waals surface area contributed by atoms with Crippen LogP contribution in [0.1, 0.15) is 25.8 Å². The lowest BCUT2D eigenvalue weighted by atomic mass is 10.2. The number of amides is 1. The predicted octanol–water partition coefficient (Wildman–Crippen LogP) is 4.01. The van der Waals surface area contributed by atoms with Crippen LogP contribution in [0.5, 0.6) is 5.75 Å². The summed E-state index contributed by atoms with van der Waals surface area (Å²) in [6, 6.07) is 6.97. The largest absolute Gasteiger partial charge is 0.479 e. The number of nitrogens with zero attached hydrogens (tertiary/aromatic N) is 3.